The molecule has 0 saturated carbocycles. The number of hydrogen-bond acceptors (Lipinski definition) is 5. The molecule has 174 valence electrons. The van der Waals surface area contributed by atoms with Gasteiger partial charge < -0.3 is 10.1 Å². The molecule has 1 atom stereocenters. The minimum Gasteiger partial charge on any atom is -0.481 e. The molecule has 3 aromatic carbocycles. The van der Waals surface area contributed by atoms with Crippen LogP contribution in [0.25, 0.3) is 0 Å². The van der Waals surface area contributed by atoms with E-state index in [-0.39, 0.29) is 12.3 Å². The molecule has 0 aliphatic heterocycles. The fourth-order valence-electron chi connectivity index (χ4n) is 2.84. The maximum absolute atomic E-state index is 12.4. The van der Waals surface area contributed by atoms with E-state index in [0.29, 0.717) is 27.5 Å². The second kappa shape index (κ2) is 11.6. The number of ketones is 1. The highest BCUT2D eigenvalue weighted by Gasteiger charge is 2.16. The first kappa shape index (κ1) is 24.5. The Hall–Kier alpha value is -4.17. The monoisotopic (exact) mass is 479 g/mol. The van der Waals surface area contributed by atoms with Gasteiger partial charge in [-0.1, -0.05) is 41.9 Å². The third-order valence-electron chi connectivity index (χ3n) is 4.68. The first-order chi connectivity index (χ1) is 16.3. The summed E-state index contributed by atoms with van der Waals surface area (Å²) in [5.74, 6) is -1.41. The summed E-state index contributed by atoms with van der Waals surface area (Å²) < 4.78 is 5.56. The smallest absolute Gasteiger partial charge is 0.279 e. The highest BCUT2D eigenvalue weighted by Crippen LogP contribution is 2.16. The van der Waals surface area contributed by atoms with E-state index in [1.54, 1.807) is 60.7 Å². The minimum absolute atomic E-state index is 0.121. The minimum atomic E-state index is -0.931. The van der Waals surface area contributed by atoms with E-state index in [2.05, 4.69) is 16.2 Å². The summed E-state index contributed by atoms with van der Waals surface area (Å²) in [6.07, 6.45) is -0.931. The van der Waals surface area contributed by atoms with Gasteiger partial charge in [0.15, 0.2) is 11.9 Å². The average molecular weight is 480 g/mol. The first-order valence-electron chi connectivity index (χ1n) is 10.3. The van der Waals surface area contributed by atoms with E-state index < -0.39 is 23.8 Å². The van der Waals surface area contributed by atoms with E-state index in [1.807, 2.05) is 6.07 Å². The summed E-state index contributed by atoms with van der Waals surface area (Å²) in [5.41, 5.74) is 5.86. The molecule has 0 aliphatic carbocycles. The van der Waals surface area contributed by atoms with Crippen LogP contribution in [0.3, 0.4) is 0 Å². The lowest BCUT2D eigenvalue weighted by molar-refractivity contribution is -0.132. The van der Waals surface area contributed by atoms with Gasteiger partial charge in [-0.3, -0.25) is 30.0 Å². The number of nitrogens with one attached hydrogen (secondary N) is 3. The second-order valence-electron chi connectivity index (χ2n) is 7.21. The van der Waals surface area contributed by atoms with Crippen molar-refractivity contribution >= 4 is 35.1 Å². The lowest BCUT2D eigenvalue weighted by Gasteiger charge is -2.15. The average Bonchev–Trinajstić information content (AvgIpc) is 2.86. The van der Waals surface area contributed by atoms with Gasteiger partial charge in [0.2, 0.25) is 0 Å². The van der Waals surface area contributed by atoms with Crippen molar-refractivity contribution in [3.63, 3.8) is 0 Å². The van der Waals surface area contributed by atoms with Crippen LogP contribution in [0.5, 0.6) is 5.75 Å². The number of halogens is 1. The van der Waals surface area contributed by atoms with Crippen molar-refractivity contribution in [2.24, 2.45) is 0 Å². The molecule has 34 heavy (non-hydrogen) atoms. The molecule has 0 saturated heterocycles. The molecule has 3 aromatic rings. The van der Waals surface area contributed by atoms with Crippen LogP contribution >= 0.6 is 11.6 Å². The van der Waals surface area contributed by atoms with Crippen molar-refractivity contribution in [3.05, 3.63) is 101 Å². The number of amides is 3. The summed E-state index contributed by atoms with van der Waals surface area (Å²) >= 11 is 5.77. The molecule has 0 spiro atoms. The van der Waals surface area contributed by atoms with Crippen LogP contribution < -0.4 is 20.9 Å². The van der Waals surface area contributed by atoms with E-state index >= 15 is 0 Å². The normalized spacial score (nSPS) is 11.1. The zero-order chi connectivity index (χ0) is 24.5. The van der Waals surface area contributed by atoms with Crippen molar-refractivity contribution in [2.75, 3.05) is 6.54 Å². The van der Waals surface area contributed by atoms with Crippen molar-refractivity contribution < 1.29 is 23.9 Å². The van der Waals surface area contributed by atoms with E-state index in [1.165, 1.54) is 19.1 Å². The zero-order valence-electron chi connectivity index (χ0n) is 18.2. The molecule has 3 amide bonds. The lowest BCUT2D eigenvalue weighted by atomic mass is 10.0. The van der Waals surface area contributed by atoms with Crippen LogP contribution in [-0.2, 0) is 9.59 Å². The predicted octanol–water partition coefficient (Wildman–Crippen LogP) is 2.92. The van der Waals surface area contributed by atoms with E-state index in [4.69, 9.17) is 16.3 Å². The Bertz CT molecular complexity index is 1170. The number of rotatable bonds is 8. The molecule has 3 rings (SSSR count). The molecule has 8 nitrogen and oxygen atoms in total. The van der Waals surface area contributed by atoms with Crippen molar-refractivity contribution in [1.29, 1.82) is 0 Å². The molecule has 0 unspecified atom stereocenters. The van der Waals surface area contributed by atoms with Crippen LogP contribution in [-0.4, -0.2) is 36.2 Å². The Kier molecular flexibility index (Phi) is 8.37. The molecule has 3 N–H and O–H groups in total. The molecule has 0 heterocycles. The third kappa shape index (κ3) is 6.91. The van der Waals surface area contributed by atoms with Gasteiger partial charge >= 0.3 is 0 Å². The van der Waals surface area contributed by atoms with Gasteiger partial charge in [0, 0.05) is 21.7 Å². The number of carbonyl (C=O) groups is 4. The maximum Gasteiger partial charge on any atom is 0.279 e. The maximum atomic E-state index is 12.4. The second-order valence-corrected chi connectivity index (χ2v) is 7.64. The number of ether oxygens (including phenoxy) is 1. The summed E-state index contributed by atoms with van der Waals surface area (Å²) in [7, 11) is 0. The quantitative estimate of drug-likeness (QED) is 0.339. The summed E-state index contributed by atoms with van der Waals surface area (Å²) in [6, 6.07) is 21.5. The van der Waals surface area contributed by atoms with E-state index in [9.17, 15) is 19.2 Å². The van der Waals surface area contributed by atoms with Gasteiger partial charge in [0.25, 0.3) is 17.7 Å². The Morgan fingerprint density at radius 3 is 2.03 bits per heavy atom. The Morgan fingerprint density at radius 1 is 0.794 bits per heavy atom. The molecule has 9 heteroatoms. The molecular weight excluding hydrogens is 458 g/mol. The number of hydrogen-bond donors (Lipinski definition) is 3. The van der Waals surface area contributed by atoms with Crippen LogP contribution in [0.2, 0.25) is 5.02 Å². The molecular formula is C25H22ClN3O5. The van der Waals surface area contributed by atoms with Crippen molar-refractivity contribution in [1.82, 2.24) is 16.2 Å². The topological polar surface area (TPSA) is 114 Å². The van der Waals surface area contributed by atoms with E-state index in [0.717, 1.165) is 0 Å². The fraction of sp³-hybridized carbons (Fsp3) is 0.120. The standard InChI is InChI=1S/C25H22ClN3O5/c1-16(34-21-13-9-18(10-14-21)23(31)17-5-3-2-4-6-17)24(32)29-28-22(30)15-27-25(33)19-7-11-20(26)12-8-19/h2-14,16H,15H2,1H3,(H,27,33)(H,28,30)(H,29,32)/t16-/m1/s1. The Balaban J connectivity index is 1.42. The zero-order valence-corrected chi connectivity index (χ0v) is 19.0. The van der Waals surface area contributed by atoms with Gasteiger partial charge in [-0.25, -0.2) is 0 Å². The largest absolute Gasteiger partial charge is 0.481 e. The van der Waals surface area contributed by atoms with Gasteiger partial charge in [-0.2, -0.15) is 0 Å². The Morgan fingerprint density at radius 2 is 1.38 bits per heavy atom. The van der Waals surface area contributed by atoms with Crippen LogP contribution in [0, 0.1) is 0 Å². The van der Waals surface area contributed by atoms with Gasteiger partial charge in [0.1, 0.15) is 5.75 Å². The first-order valence-corrected chi connectivity index (χ1v) is 10.7. The van der Waals surface area contributed by atoms with Gasteiger partial charge in [0.05, 0.1) is 6.54 Å². The number of hydrazine groups is 1. The Labute approximate surface area is 201 Å². The molecule has 0 bridgehead atoms. The van der Waals surface area contributed by atoms with Crippen molar-refractivity contribution in [3.8, 4) is 5.75 Å². The van der Waals surface area contributed by atoms with Crippen LogP contribution in [0.1, 0.15) is 33.2 Å². The molecule has 0 aliphatic rings. The summed E-state index contributed by atoms with van der Waals surface area (Å²) in [4.78, 5) is 48.5. The van der Waals surface area contributed by atoms with Crippen molar-refractivity contribution in [2.45, 2.75) is 13.0 Å². The number of carbonyl (C=O) groups excluding carboxylic acids is 4. The predicted molar refractivity (Wildman–Crippen MR) is 126 cm³/mol. The van der Waals surface area contributed by atoms with Crippen LogP contribution in [0.4, 0.5) is 0 Å². The molecule has 0 radical (unpaired) electrons. The SMILES string of the molecule is C[C@@H](Oc1ccc(C(=O)c2ccccc2)cc1)C(=O)NNC(=O)CNC(=O)c1ccc(Cl)cc1. The highest BCUT2D eigenvalue weighted by atomic mass is 35.5. The third-order valence-corrected chi connectivity index (χ3v) is 4.93. The van der Waals surface area contributed by atoms with Gasteiger partial charge in [-0.15, -0.1) is 0 Å². The fourth-order valence-corrected chi connectivity index (χ4v) is 2.97. The summed E-state index contributed by atoms with van der Waals surface area (Å²) in [6.45, 7) is 1.17. The summed E-state index contributed by atoms with van der Waals surface area (Å²) in [5, 5.41) is 2.92. The van der Waals surface area contributed by atoms with Gasteiger partial charge in [-0.05, 0) is 55.5 Å². The lowest BCUT2D eigenvalue weighted by Crippen LogP contribution is -2.50. The molecule has 0 aromatic heterocycles. The highest BCUT2D eigenvalue weighted by molar-refractivity contribution is 6.30. The number of benzene rings is 3. The van der Waals surface area contributed by atoms with Crippen LogP contribution in [0.15, 0.2) is 78.9 Å². The molecule has 0 fully saturated rings.